The summed E-state index contributed by atoms with van der Waals surface area (Å²) in [6.07, 6.45) is 4.91. The number of fused-ring (bicyclic) bond motifs is 3. The van der Waals surface area contributed by atoms with Gasteiger partial charge in [0.2, 0.25) is 0 Å². The molecule has 5 rings (SSSR count). The van der Waals surface area contributed by atoms with E-state index in [4.69, 9.17) is 10.5 Å². The van der Waals surface area contributed by atoms with E-state index in [9.17, 15) is 0 Å². The van der Waals surface area contributed by atoms with Gasteiger partial charge in [-0.2, -0.15) is 10.5 Å². The lowest BCUT2D eigenvalue weighted by molar-refractivity contribution is 0.602. The van der Waals surface area contributed by atoms with Gasteiger partial charge in [-0.25, -0.2) is 0 Å². The molecular weight excluding hydrogens is 426 g/mol. The maximum atomic E-state index is 9.15. The highest BCUT2D eigenvalue weighted by Crippen LogP contribution is 2.35. The highest BCUT2D eigenvalue weighted by Gasteiger charge is 2.13. The lowest BCUT2D eigenvalue weighted by Gasteiger charge is -2.08. The van der Waals surface area contributed by atoms with E-state index in [1.54, 1.807) is 0 Å². The SMILES string of the molecule is CCCCCCn1c2ccc(-c3ccc(C#N)cc3)cc2c2cc(-c3ccc(C#N)cc3)ccc21. The van der Waals surface area contributed by atoms with Crippen LogP contribution in [0.3, 0.4) is 0 Å². The number of nitrogens with zero attached hydrogens (tertiary/aromatic N) is 3. The number of unbranched alkanes of at least 4 members (excludes halogenated alkanes) is 3. The van der Waals surface area contributed by atoms with Crippen LogP contribution in [0, 0.1) is 22.7 Å². The van der Waals surface area contributed by atoms with Gasteiger partial charge in [-0.3, -0.25) is 0 Å². The summed E-state index contributed by atoms with van der Waals surface area (Å²) in [5.41, 5.74) is 8.37. The minimum atomic E-state index is 0.672. The van der Waals surface area contributed by atoms with Gasteiger partial charge in [0, 0.05) is 28.4 Å². The van der Waals surface area contributed by atoms with Gasteiger partial charge in [0.25, 0.3) is 0 Å². The zero-order valence-electron chi connectivity index (χ0n) is 20.0. The first-order valence-electron chi connectivity index (χ1n) is 12.3. The van der Waals surface area contributed by atoms with E-state index in [2.05, 4.69) is 60.0 Å². The monoisotopic (exact) mass is 453 g/mol. The molecule has 0 aliphatic heterocycles. The molecule has 4 aromatic carbocycles. The molecule has 170 valence electrons. The fourth-order valence-electron chi connectivity index (χ4n) is 4.88. The number of aromatic nitrogens is 1. The number of rotatable bonds is 7. The van der Waals surface area contributed by atoms with Crippen LogP contribution in [0.1, 0.15) is 43.7 Å². The Kier molecular flexibility index (Phi) is 6.34. The van der Waals surface area contributed by atoms with E-state index in [0.717, 1.165) is 28.8 Å². The van der Waals surface area contributed by atoms with E-state index in [0.29, 0.717) is 11.1 Å². The molecule has 0 radical (unpaired) electrons. The molecule has 0 unspecified atom stereocenters. The highest BCUT2D eigenvalue weighted by atomic mass is 15.0. The van der Waals surface area contributed by atoms with Crippen molar-refractivity contribution in [2.45, 2.75) is 39.2 Å². The second-order valence-corrected chi connectivity index (χ2v) is 9.05. The summed E-state index contributed by atoms with van der Waals surface area (Å²) in [5, 5.41) is 20.8. The van der Waals surface area contributed by atoms with Gasteiger partial charge < -0.3 is 4.57 Å². The van der Waals surface area contributed by atoms with Crippen LogP contribution in [0.5, 0.6) is 0 Å². The van der Waals surface area contributed by atoms with E-state index in [1.807, 2.05) is 48.5 Å². The topological polar surface area (TPSA) is 52.5 Å². The second kappa shape index (κ2) is 9.88. The molecule has 3 nitrogen and oxygen atoms in total. The quantitative estimate of drug-likeness (QED) is 0.232. The highest BCUT2D eigenvalue weighted by molar-refractivity contribution is 6.10. The van der Waals surface area contributed by atoms with E-state index in [-0.39, 0.29) is 0 Å². The van der Waals surface area contributed by atoms with Crippen molar-refractivity contribution in [1.29, 1.82) is 10.5 Å². The molecule has 0 aliphatic carbocycles. The molecule has 0 aliphatic rings. The number of nitriles is 2. The van der Waals surface area contributed by atoms with E-state index in [1.165, 1.54) is 47.5 Å². The Labute approximate surface area is 206 Å². The minimum Gasteiger partial charge on any atom is -0.340 e. The molecule has 1 heterocycles. The van der Waals surface area contributed by atoms with Gasteiger partial charge in [-0.15, -0.1) is 0 Å². The van der Waals surface area contributed by atoms with Crippen molar-refractivity contribution in [3.8, 4) is 34.4 Å². The lowest BCUT2D eigenvalue weighted by atomic mass is 9.99. The zero-order valence-corrected chi connectivity index (χ0v) is 20.0. The van der Waals surface area contributed by atoms with Crippen molar-refractivity contribution in [3.05, 3.63) is 96.1 Å². The average Bonchev–Trinajstić information content (AvgIpc) is 3.23. The van der Waals surface area contributed by atoms with Crippen LogP contribution in [0.15, 0.2) is 84.9 Å². The van der Waals surface area contributed by atoms with Crippen molar-refractivity contribution >= 4 is 21.8 Å². The molecule has 0 saturated heterocycles. The van der Waals surface area contributed by atoms with E-state index >= 15 is 0 Å². The zero-order chi connectivity index (χ0) is 24.2. The van der Waals surface area contributed by atoms with Crippen LogP contribution in [0.4, 0.5) is 0 Å². The minimum absolute atomic E-state index is 0.672. The molecule has 0 amide bonds. The first-order valence-corrected chi connectivity index (χ1v) is 12.3. The average molecular weight is 454 g/mol. The fourth-order valence-corrected chi connectivity index (χ4v) is 4.88. The Bertz CT molecular complexity index is 1460. The Morgan fingerprint density at radius 1 is 0.571 bits per heavy atom. The van der Waals surface area contributed by atoms with Crippen molar-refractivity contribution in [2.75, 3.05) is 0 Å². The third-order valence-corrected chi connectivity index (χ3v) is 6.79. The summed E-state index contributed by atoms with van der Waals surface area (Å²) >= 11 is 0. The second-order valence-electron chi connectivity index (χ2n) is 9.05. The number of hydrogen-bond acceptors (Lipinski definition) is 2. The van der Waals surface area contributed by atoms with Crippen molar-refractivity contribution < 1.29 is 0 Å². The normalized spacial score (nSPS) is 10.9. The molecule has 0 N–H and O–H groups in total. The van der Waals surface area contributed by atoms with Crippen LogP contribution in [0.2, 0.25) is 0 Å². The molecule has 0 spiro atoms. The van der Waals surface area contributed by atoms with E-state index < -0.39 is 0 Å². The van der Waals surface area contributed by atoms with Crippen molar-refractivity contribution in [3.63, 3.8) is 0 Å². The third kappa shape index (κ3) is 4.42. The summed E-state index contributed by atoms with van der Waals surface area (Å²) in [5.74, 6) is 0. The predicted octanol–water partition coefficient (Wildman–Crippen LogP) is 8.45. The first kappa shape index (κ1) is 22.5. The predicted molar refractivity (Wildman–Crippen MR) is 144 cm³/mol. The van der Waals surface area contributed by atoms with Gasteiger partial charge in [0.15, 0.2) is 0 Å². The Morgan fingerprint density at radius 3 is 1.46 bits per heavy atom. The summed E-state index contributed by atoms with van der Waals surface area (Å²) in [4.78, 5) is 0. The molecule has 5 aromatic rings. The van der Waals surface area contributed by atoms with Gasteiger partial charge in [0.05, 0.1) is 23.3 Å². The summed E-state index contributed by atoms with van der Waals surface area (Å²) < 4.78 is 2.46. The molecule has 0 atom stereocenters. The molecule has 35 heavy (non-hydrogen) atoms. The van der Waals surface area contributed by atoms with Gasteiger partial charge >= 0.3 is 0 Å². The summed E-state index contributed by atoms with van der Waals surface area (Å²) in [6.45, 7) is 3.25. The van der Waals surface area contributed by atoms with Gasteiger partial charge in [0.1, 0.15) is 0 Å². The Morgan fingerprint density at radius 2 is 1.03 bits per heavy atom. The number of hydrogen-bond donors (Lipinski definition) is 0. The molecule has 3 heteroatoms. The molecule has 0 saturated carbocycles. The van der Waals surface area contributed by atoms with Gasteiger partial charge in [-0.05, 0) is 77.2 Å². The molecule has 0 fully saturated rings. The molecule has 1 aromatic heterocycles. The van der Waals surface area contributed by atoms with Crippen LogP contribution in [-0.2, 0) is 6.54 Å². The fraction of sp³-hybridized carbons (Fsp3) is 0.188. The van der Waals surface area contributed by atoms with Crippen LogP contribution in [-0.4, -0.2) is 4.57 Å². The molecular formula is C32H27N3. The smallest absolute Gasteiger partial charge is 0.0991 e. The third-order valence-electron chi connectivity index (χ3n) is 6.79. The summed E-state index contributed by atoms with van der Waals surface area (Å²) in [6, 6.07) is 33.4. The number of benzene rings is 4. The van der Waals surface area contributed by atoms with Crippen LogP contribution in [0.25, 0.3) is 44.1 Å². The first-order chi connectivity index (χ1) is 17.2. The standard InChI is InChI=1S/C32H27N3/c1-2-3-4-5-18-35-31-16-14-27(25-10-6-23(21-33)7-11-25)19-29(31)30-20-28(15-17-32(30)35)26-12-8-24(22-34)9-13-26/h6-17,19-20H,2-5,18H2,1H3. The Balaban J connectivity index is 1.64. The van der Waals surface area contributed by atoms with Crippen molar-refractivity contribution in [1.82, 2.24) is 4.57 Å². The van der Waals surface area contributed by atoms with Crippen LogP contribution >= 0.6 is 0 Å². The lowest BCUT2D eigenvalue weighted by Crippen LogP contribution is -1.97. The number of aryl methyl sites for hydroxylation is 1. The maximum Gasteiger partial charge on any atom is 0.0991 e. The maximum absolute atomic E-state index is 9.15. The largest absolute Gasteiger partial charge is 0.340 e. The van der Waals surface area contributed by atoms with Crippen LogP contribution < -0.4 is 0 Å². The van der Waals surface area contributed by atoms with Crippen molar-refractivity contribution in [2.24, 2.45) is 0 Å². The Hall–Kier alpha value is -4.34. The van der Waals surface area contributed by atoms with Gasteiger partial charge in [-0.1, -0.05) is 62.6 Å². The molecule has 0 bridgehead atoms. The summed E-state index contributed by atoms with van der Waals surface area (Å²) in [7, 11) is 0.